The van der Waals surface area contributed by atoms with Crippen LogP contribution >= 0.6 is 0 Å². The Balaban J connectivity index is 1.75. The SMILES string of the molecule is COc1cccc(N2CCC(C3CCN(C)CC3)C2)c1[N+](=O)[O-]. The van der Waals surface area contributed by atoms with Crippen LogP contribution in [0, 0.1) is 22.0 Å². The molecular formula is C17H25N3O3. The van der Waals surface area contributed by atoms with E-state index in [4.69, 9.17) is 4.74 Å². The van der Waals surface area contributed by atoms with Gasteiger partial charge in [0.05, 0.1) is 12.0 Å². The maximum atomic E-state index is 11.5. The first-order valence-electron chi connectivity index (χ1n) is 8.35. The first-order valence-corrected chi connectivity index (χ1v) is 8.35. The van der Waals surface area contributed by atoms with Crippen molar-refractivity contribution >= 4 is 11.4 Å². The van der Waals surface area contributed by atoms with Gasteiger partial charge in [0.15, 0.2) is 5.75 Å². The fraction of sp³-hybridized carbons (Fsp3) is 0.647. The molecule has 6 nitrogen and oxygen atoms in total. The third-order valence-electron chi connectivity index (χ3n) is 5.38. The van der Waals surface area contributed by atoms with Gasteiger partial charge in [0.2, 0.25) is 0 Å². The summed E-state index contributed by atoms with van der Waals surface area (Å²) >= 11 is 0. The molecule has 1 aromatic carbocycles. The molecule has 0 spiro atoms. The molecule has 0 bridgehead atoms. The van der Waals surface area contributed by atoms with Crippen molar-refractivity contribution in [3.05, 3.63) is 28.3 Å². The summed E-state index contributed by atoms with van der Waals surface area (Å²) in [6.07, 6.45) is 3.62. The number of para-hydroxylation sites is 1. The van der Waals surface area contributed by atoms with E-state index in [-0.39, 0.29) is 10.6 Å². The molecule has 0 saturated carbocycles. The molecule has 2 heterocycles. The molecule has 2 fully saturated rings. The summed E-state index contributed by atoms with van der Waals surface area (Å²) < 4.78 is 5.19. The second-order valence-electron chi connectivity index (χ2n) is 6.72. The Bertz CT molecular complexity index is 570. The zero-order valence-electron chi connectivity index (χ0n) is 13.9. The van der Waals surface area contributed by atoms with Crippen molar-refractivity contribution in [2.45, 2.75) is 19.3 Å². The van der Waals surface area contributed by atoms with Crippen LogP contribution in [0.25, 0.3) is 0 Å². The average Bonchev–Trinajstić information content (AvgIpc) is 3.04. The predicted molar refractivity (Wildman–Crippen MR) is 90.2 cm³/mol. The number of hydrogen-bond acceptors (Lipinski definition) is 5. The smallest absolute Gasteiger partial charge is 0.333 e. The van der Waals surface area contributed by atoms with E-state index in [1.807, 2.05) is 12.1 Å². The average molecular weight is 319 g/mol. The number of piperidine rings is 1. The number of hydrogen-bond donors (Lipinski definition) is 0. The van der Waals surface area contributed by atoms with Crippen LogP contribution in [0.4, 0.5) is 11.4 Å². The normalized spacial score (nSPS) is 23.2. The lowest BCUT2D eigenvalue weighted by Crippen LogP contribution is -2.34. The summed E-state index contributed by atoms with van der Waals surface area (Å²) in [6, 6.07) is 5.34. The fourth-order valence-electron chi connectivity index (χ4n) is 4.00. The summed E-state index contributed by atoms with van der Waals surface area (Å²) in [7, 11) is 3.66. The third-order valence-corrected chi connectivity index (χ3v) is 5.38. The number of nitro groups is 1. The van der Waals surface area contributed by atoms with Crippen LogP contribution < -0.4 is 9.64 Å². The Morgan fingerprint density at radius 2 is 1.87 bits per heavy atom. The van der Waals surface area contributed by atoms with Gasteiger partial charge in [-0.1, -0.05) is 6.07 Å². The molecule has 0 aliphatic carbocycles. The topological polar surface area (TPSA) is 58.8 Å². The number of likely N-dealkylation sites (tertiary alicyclic amines) is 1. The van der Waals surface area contributed by atoms with Crippen LogP contribution in [-0.4, -0.2) is 50.2 Å². The summed E-state index contributed by atoms with van der Waals surface area (Å²) in [4.78, 5) is 15.7. The number of methoxy groups -OCH3 is 1. The highest BCUT2D eigenvalue weighted by molar-refractivity contribution is 5.70. The summed E-state index contributed by atoms with van der Waals surface area (Å²) in [5.41, 5.74) is 0.795. The third kappa shape index (κ3) is 3.27. The lowest BCUT2D eigenvalue weighted by atomic mass is 9.84. The Kier molecular flexibility index (Phi) is 4.71. The summed E-state index contributed by atoms with van der Waals surface area (Å²) in [5, 5.41) is 11.5. The number of benzene rings is 1. The van der Waals surface area contributed by atoms with Gasteiger partial charge >= 0.3 is 5.69 Å². The number of ether oxygens (including phenoxy) is 1. The minimum Gasteiger partial charge on any atom is -0.490 e. The molecule has 2 aliphatic heterocycles. The van der Waals surface area contributed by atoms with Crippen molar-refractivity contribution in [3.63, 3.8) is 0 Å². The molecule has 1 aromatic rings. The highest BCUT2D eigenvalue weighted by Gasteiger charge is 2.34. The highest BCUT2D eigenvalue weighted by atomic mass is 16.6. The Morgan fingerprint density at radius 1 is 1.17 bits per heavy atom. The Hall–Kier alpha value is -1.82. The van der Waals surface area contributed by atoms with Gasteiger partial charge in [-0.25, -0.2) is 0 Å². The number of nitrogens with zero attached hydrogens (tertiary/aromatic N) is 3. The lowest BCUT2D eigenvalue weighted by molar-refractivity contribution is -0.385. The van der Waals surface area contributed by atoms with Crippen LogP contribution in [0.2, 0.25) is 0 Å². The molecule has 0 aromatic heterocycles. The van der Waals surface area contributed by atoms with Gasteiger partial charge in [0.25, 0.3) is 0 Å². The zero-order chi connectivity index (χ0) is 16.4. The molecule has 0 N–H and O–H groups in total. The van der Waals surface area contributed by atoms with E-state index in [1.54, 1.807) is 6.07 Å². The van der Waals surface area contributed by atoms with Gasteiger partial charge in [0.1, 0.15) is 5.69 Å². The molecule has 2 aliphatic rings. The Labute approximate surface area is 137 Å². The number of nitro benzene ring substituents is 1. The molecule has 2 saturated heterocycles. The second-order valence-corrected chi connectivity index (χ2v) is 6.72. The minimum absolute atomic E-state index is 0.0963. The van der Waals surface area contributed by atoms with Crippen molar-refractivity contribution in [2.75, 3.05) is 45.2 Å². The van der Waals surface area contributed by atoms with Crippen LogP contribution in [0.1, 0.15) is 19.3 Å². The van der Waals surface area contributed by atoms with Crippen molar-refractivity contribution in [1.29, 1.82) is 0 Å². The second kappa shape index (κ2) is 6.74. The Morgan fingerprint density at radius 3 is 2.52 bits per heavy atom. The molecule has 3 rings (SSSR count). The molecule has 0 amide bonds. The van der Waals surface area contributed by atoms with Crippen LogP contribution in [0.15, 0.2) is 18.2 Å². The molecule has 0 radical (unpaired) electrons. The van der Waals surface area contributed by atoms with Gasteiger partial charge in [-0.15, -0.1) is 0 Å². The first-order chi connectivity index (χ1) is 11.1. The maximum Gasteiger partial charge on any atom is 0.333 e. The van der Waals surface area contributed by atoms with Crippen molar-refractivity contribution in [2.24, 2.45) is 11.8 Å². The minimum atomic E-state index is -0.322. The molecule has 126 valence electrons. The van der Waals surface area contributed by atoms with Crippen molar-refractivity contribution in [3.8, 4) is 5.75 Å². The van der Waals surface area contributed by atoms with Gasteiger partial charge in [-0.3, -0.25) is 10.1 Å². The van der Waals surface area contributed by atoms with Crippen LogP contribution in [0.5, 0.6) is 5.75 Å². The predicted octanol–water partition coefficient (Wildman–Crippen LogP) is 2.77. The molecule has 1 unspecified atom stereocenters. The van der Waals surface area contributed by atoms with E-state index in [0.717, 1.165) is 25.4 Å². The molecule has 23 heavy (non-hydrogen) atoms. The standard InChI is InChI=1S/C17H25N3O3/c1-18-9-6-13(7-10-18)14-8-11-19(12-14)15-4-3-5-16(23-2)17(15)20(21)22/h3-5,13-14H,6-12H2,1-2H3. The monoisotopic (exact) mass is 319 g/mol. The van der Waals surface area contributed by atoms with Crippen molar-refractivity contribution in [1.82, 2.24) is 4.90 Å². The van der Waals surface area contributed by atoms with Gasteiger partial charge < -0.3 is 14.5 Å². The first kappa shape index (κ1) is 16.1. The van der Waals surface area contributed by atoms with E-state index in [2.05, 4.69) is 16.8 Å². The highest BCUT2D eigenvalue weighted by Crippen LogP contribution is 2.41. The van der Waals surface area contributed by atoms with E-state index in [1.165, 1.54) is 33.0 Å². The van der Waals surface area contributed by atoms with Gasteiger partial charge in [-0.2, -0.15) is 0 Å². The maximum absolute atomic E-state index is 11.5. The van der Waals surface area contributed by atoms with E-state index in [0.29, 0.717) is 17.4 Å². The molecule has 1 atom stereocenters. The summed E-state index contributed by atoms with van der Waals surface area (Å²) in [6.45, 7) is 4.15. The van der Waals surface area contributed by atoms with Crippen LogP contribution in [0.3, 0.4) is 0 Å². The number of rotatable bonds is 4. The molecule has 6 heteroatoms. The summed E-state index contributed by atoms with van der Waals surface area (Å²) in [5.74, 6) is 1.74. The van der Waals surface area contributed by atoms with Crippen LogP contribution in [-0.2, 0) is 0 Å². The quantitative estimate of drug-likeness (QED) is 0.631. The van der Waals surface area contributed by atoms with Gasteiger partial charge in [0, 0.05) is 13.1 Å². The van der Waals surface area contributed by atoms with E-state index < -0.39 is 0 Å². The fourth-order valence-corrected chi connectivity index (χ4v) is 4.00. The molecular weight excluding hydrogens is 294 g/mol. The van der Waals surface area contributed by atoms with E-state index in [9.17, 15) is 10.1 Å². The zero-order valence-corrected chi connectivity index (χ0v) is 13.9. The van der Waals surface area contributed by atoms with E-state index >= 15 is 0 Å². The van der Waals surface area contributed by atoms with Gasteiger partial charge in [-0.05, 0) is 63.4 Å². The lowest BCUT2D eigenvalue weighted by Gasteiger charge is -2.32. The largest absolute Gasteiger partial charge is 0.490 e. The number of anilines is 1. The van der Waals surface area contributed by atoms with Crippen molar-refractivity contribution < 1.29 is 9.66 Å².